The maximum absolute atomic E-state index is 8.50. The van der Waals surface area contributed by atoms with Crippen LogP contribution in [0.25, 0.3) is 34.4 Å². The number of benzene rings is 6. The number of allylic oxidation sites excluding steroid dienone is 2. The van der Waals surface area contributed by atoms with Crippen LogP contribution in [0.1, 0.15) is 43.4 Å². The molecule has 2 nitrogen and oxygen atoms in total. The molecule has 2 atom stereocenters. The number of fused-ring (bicyclic) bond motifs is 2. The second-order valence-electron chi connectivity index (χ2n) is 14.5. The molecule has 2 aliphatic carbocycles. The van der Waals surface area contributed by atoms with Crippen molar-refractivity contribution in [1.82, 2.24) is 0 Å². The molecule has 0 amide bonds. The second kappa shape index (κ2) is 13.8. The molecule has 0 spiro atoms. The molecule has 0 saturated heterocycles. The first-order chi connectivity index (χ1) is 25.1. The molecule has 6 heteroatoms. The maximum atomic E-state index is 8.50. The number of para-hydroxylation sites is 2. The summed E-state index contributed by atoms with van der Waals surface area (Å²) in [6.07, 6.45) is 4.73. The summed E-state index contributed by atoms with van der Waals surface area (Å²) in [4.78, 5) is 0. The summed E-state index contributed by atoms with van der Waals surface area (Å²) in [6.45, 7) is 9.30. The van der Waals surface area contributed by atoms with Gasteiger partial charge >= 0.3 is 306 Å². The molecule has 0 aliphatic heterocycles. The first-order valence-electron chi connectivity index (χ1n) is 18.0. The van der Waals surface area contributed by atoms with Crippen molar-refractivity contribution in [3.63, 3.8) is 0 Å². The summed E-state index contributed by atoms with van der Waals surface area (Å²) >= 11 is -4.81. The Labute approximate surface area is 316 Å². The zero-order chi connectivity index (χ0) is 36.1. The van der Waals surface area contributed by atoms with Crippen LogP contribution >= 0.6 is 17.0 Å². The fourth-order valence-corrected chi connectivity index (χ4v) is 41.5. The van der Waals surface area contributed by atoms with E-state index >= 15 is 0 Å². The van der Waals surface area contributed by atoms with E-state index in [1.165, 1.54) is 44.5 Å². The Balaban J connectivity index is 1.15. The molecule has 6 aromatic carbocycles. The Morgan fingerprint density at radius 1 is 0.462 bits per heavy atom. The van der Waals surface area contributed by atoms with Crippen molar-refractivity contribution in [2.75, 3.05) is 0 Å². The molecule has 0 saturated carbocycles. The van der Waals surface area contributed by atoms with E-state index in [-0.39, 0.29) is 7.25 Å². The molecule has 0 bridgehead atoms. The molecular formula is C46H41Cl2O2SiZr. The van der Waals surface area contributed by atoms with E-state index in [0.29, 0.717) is 0 Å². The molecule has 8 rings (SSSR count). The zero-order valence-electron chi connectivity index (χ0n) is 29.8. The van der Waals surface area contributed by atoms with Crippen LogP contribution in [0.4, 0.5) is 0 Å². The molecule has 0 heterocycles. The van der Waals surface area contributed by atoms with Gasteiger partial charge < -0.3 is 0 Å². The Bertz CT molecular complexity index is 2170. The Kier molecular flexibility index (Phi) is 9.33. The van der Waals surface area contributed by atoms with Gasteiger partial charge in [0.2, 0.25) is 0 Å². The van der Waals surface area contributed by atoms with Gasteiger partial charge in [-0.2, -0.15) is 0 Å². The van der Waals surface area contributed by atoms with Crippen LogP contribution in [0.2, 0.25) is 13.1 Å². The van der Waals surface area contributed by atoms with E-state index in [1.54, 1.807) is 0 Å². The first-order valence-corrected chi connectivity index (χ1v) is 34.3. The topological polar surface area (TPSA) is 18.5 Å². The standard InChI is InChI=1S/2C22H17O.C2H7Si.2ClH.Zr/c2*1-16-14-18-6-5-9-21(22(18)15-16)17-10-12-20(13-11-17)23-19-7-3-2-4-8-19;1-3-2;;;/h2*2-15H,1H3;3H,1-2H3;2*1H;/q;;;;;+2/p-2. The second-order valence-corrected chi connectivity index (χ2v) is 57.0. The van der Waals surface area contributed by atoms with E-state index in [2.05, 4.69) is 99.8 Å². The quantitative estimate of drug-likeness (QED) is 0.135. The minimum atomic E-state index is -4.81. The molecule has 0 aromatic heterocycles. The molecule has 259 valence electrons. The predicted octanol–water partition coefficient (Wildman–Crippen LogP) is 14.2. The monoisotopic (exact) mass is 813 g/mol. The molecule has 0 radical (unpaired) electrons. The van der Waals surface area contributed by atoms with Crippen LogP contribution < -0.4 is 9.47 Å². The van der Waals surface area contributed by atoms with Gasteiger partial charge in [-0.15, -0.1) is 0 Å². The van der Waals surface area contributed by atoms with Crippen LogP contribution in [0.15, 0.2) is 157 Å². The van der Waals surface area contributed by atoms with Crippen LogP contribution in [0.3, 0.4) is 0 Å². The van der Waals surface area contributed by atoms with Gasteiger partial charge in [0.25, 0.3) is 0 Å². The fourth-order valence-electron chi connectivity index (χ4n) is 8.56. The van der Waals surface area contributed by atoms with Crippen molar-refractivity contribution in [2.24, 2.45) is 0 Å². The minimum absolute atomic E-state index is 0.0319. The predicted molar refractivity (Wildman–Crippen MR) is 220 cm³/mol. The average Bonchev–Trinajstić information content (AvgIpc) is 3.70. The molecule has 6 aromatic rings. The Morgan fingerprint density at radius 3 is 1.19 bits per heavy atom. The van der Waals surface area contributed by atoms with Crippen LogP contribution in [-0.4, -0.2) is 5.92 Å². The summed E-state index contributed by atoms with van der Waals surface area (Å²) in [5, 5.41) is 0. The van der Waals surface area contributed by atoms with E-state index in [9.17, 15) is 0 Å². The number of halogens is 2. The molecule has 2 unspecified atom stereocenters. The number of ether oxygens (including phenoxy) is 2. The van der Waals surface area contributed by atoms with Crippen molar-refractivity contribution < 1.29 is 25.0 Å². The van der Waals surface area contributed by atoms with Crippen LogP contribution in [0.5, 0.6) is 23.0 Å². The first kappa shape index (κ1) is 35.1. The fraction of sp³-hybridized carbons (Fsp3) is 0.130. The van der Waals surface area contributed by atoms with E-state index in [0.717, 1.165) is 34.1 Å². The average molecular weight is 816 g/mol. The zero-order valence-corrected chi connectivity index (χ0v) is 34.9. The van der Waals surface area contributed by atoms with Gasteiger partial charge in [0.05, 0.1) is 0 Å². The summed E-state index contributed by atoms with van der Waals surface area (Å²) in [6, 6.07) is 49.9. The third kappa shape index (κ3) is 6.08. The van der Waals surface area contributed by atoms with Crippen molar-refractivity contribution in [1.29, 1.82) is 0 Å². The van der Waals surface area contributed by atoms with E-state index < -0.39 is 21.5 Å². The summed E-state index contributed by atoms with van der Waals surface area (Å²) in [7, 11) is 17.0. The van der Waals surface area contributed by atoms with Crippen molar-refractivity contribution in [3.8, 4) is 45.3 Å². The third-order valence-corrected chi connectivity index (χ3v) is 63.3. The van der Waals surface area contributed by atoms with Crippen molar-refractivity contribution in [2.45, 2.75) is 34.2 Å². The third-order valence-electron chi connectivity index (χ3n) is 11.1. The molecule has 0 fully saturated rings. The summed E-state index contributed by atoms with van der Waals surface area (Å²) in [5.41, 5.74) is 12.3. The van der Waals surface area contributed by atoms with Gasteiger partial charge in [0.15, 0.2) is 0 Å². The van der Waals surface area contributed by atoms with Gasteiger partial charge in [0, 0.05) is 0 Å². The normalized spacial score (nSPS) is 17.1. The number of rotatable bonds is 9. The van der Waals surface area contributed by atoms with Crippen molar-refractivity contribution in [3.05, 3.63) is 179 Å². The van der Waals surface area contributed by atoms with Crippen LogP contribution in [0, 0.1) is 0 Å². The molecule has 0 N–H and O–H groups in total. The summed E-state index contributed by atoms with van der Waals surface area (Å²) in [5.74, 6) is 1.62. The van der Waals surface area contributed by atoms with Gasteiger partial charge in [0.1, 0.15) is 0 Å². The van der Waals surface area contributed by atoms with E-state index in [1.807, 2.05) is 84.9 Å². The SMILES string of the molecule is CC1=Cc2c(-c3ccc(Oc4ccccc4)cc3)cccc2[CH]1[Zr]([Cl])([Cl])([CH]1C(C)=Cc2c(-c3ccc(Oc4ccccc4)cc3)cccc21)[SiH](C)C. The van der Waals surface area contributed by atoms with Crippen LogP contribution in [-0.2, 0) is 15.6 Å². The Hall–Kier alpha value is -3.92. The van der Waals surface area contributed by atoms with Gasteiger partial charge in [-0.05, 0) is 0 Å². The summed E-state index contributed by atoms with van der Waals surface area (Å²) < 4.78 is 12.3. The number of hydrogen-bond donors (Lipinski definition) is 0. The van der Waals surface area contributed by atoms with E-state index in [4.69, 9.17) is 26.5 Å². The molecular weight excluding hydrogens is 775 g/mol. The Morgan fingerprint density at radius 2 is 0.827 bits per heavy atom. The number of hydrogen-bond acceptors (Lipinski definition) is 2. The molecule has 52 heavy (non-hydrogen) atoms. The van der Waals surface area contributed by atoms with Crippen molar-refractivity contribution >= 4 is 35.1 Å². The van der Waals surface area contributed by atoms with Gasteiger partial charge in [-0.3, -0.25) is 0 Å². The van der Waals surface area contributed by atoms with Gasteiger partial charge in [-0.1, -0.05) is 12.1 Å². The molecule has 2 aliphatic rings. The van der Waals surface area contributed by atoms with Gasteiger partial charge in [-0.25, -0.2) is 0 Å².